The van der Waals surface area contributed by atoms with Crippen molar-refractivity contribution in [3.63, 3.8) is 0 Å². The van der Waals surface area contributed by atoms with E-state index in [-0.39, 0.29) is 6.04 Å². The van der Waals surface area contributed by atoms with Gasteiger partial charge < -0.3 is 20.8 Å². The van der Waals surface area contributed by atoms with Gasteiger partial charge >= 0.3 is 0 Å². The zero-order chi connectivity index (χ0) is 13.8. The molecule has 2 amide bonds. The zero-order valence-corrected chi connectivity index (χ0v) is 10.9. The fourth-order valence-corrected chi connectivity index (χ4v) is 1.10. The van der Waals surface area contributed by atoms with Gasteiger partial charge in [0.1, 0.15) is 0 Å². The van der Waals surface area contributed by atoms with Crippen molar-refractivity contribution >= 4 is 11.8 Å². The number of hydrogen-bond acceptors (Lipinski definition) is 4. The van der Waals surface area contributed by atoms with E-state index in [2.05, 4.69) is 10.6 Å². The Labute approximate surface area is 101 Å². The third-order valence-electron chi connectivity index (χ3n) is 1.77. The van der Waals surface area contributed by atoms with Crippen LogP contribution in [0.25, 0.3) is 0 Å². The fourth-order valence-electron chi connectivity index (χ4n) is 1.10. The molecule has 17 heavy (non-hydrogen) atoms. The number of amides is 2. The number of carbonyl (C=O) groups excluding carboxylic acids is 2. The minimum Gasteiger partial charge on any atom is -0.380 e. The van der Waals surface area contributed by atoms with Gasteiger partial charge in [0.25, 0.3) is 11.8 Å². The van der Waals surface area contributed by atoms with E-state index in [0.29, 0.717) is 0 Å². The summed E-state index contributed by atoms with van der Waals surface area (Å²) in [5, 5.41) is 23.9. The molecule has 4 N–H and O–H groups in total. The molecule has 0 rings (SSSR count). The Morgan fingerprint density at radius 1 is 1.00 bits per heavy atom. The Morgan fingerprint density at radius 2 is 1.41 bits per heavy atom. The summed E-state index contributed by atoms with van der Waals surface area (Å²) in [4.78, 5) is 22.9. The van der Waals surface area contributed by atoms with Crippen LogP contribution < -0.4 is 10.6 Å². The van der Waals surface area contributed by atoms with Crippen molar-refractivity contribution in [2.45, 2.75) is 58.4 Å². The molecule has 0 spiro atoms. The van der Waals surface area contributed by atoms with E-state index in [0.717, 1.165) is 0 Å². The van der Waals surface area contributed by atoms with Gasteiger partial charge in [-0.3, -0.25) is 9.59 Å². The highest BCUT2D eigenvalue weighted by atomic mass is 16.3. The van der Waals surface area contributed by atoms with Crippen LogP contribution in [0.15, 0.2) is 0 Å². The number of aliphatic hydroxyl groups is 2. The monoisotopic (exact) mass is 246 g/mol. The van der Waals surface area contributed by atoms with Crippen LogP contribution in [0.5, 0.6) is 0 Å². The van der Waals surface area contributed by atoms with E-state index in [9.17, 15) is 19.8 Å². The summed E-state index contributed by atoms with van der Waals surface area (Å²) in [6.45, 7) is 8.63. The molecular weight excluding hydrogens is 224 g/mol. The lowest BCUT2D eigenvalue weighted by Crippen LogP contribution is -2.54. The standard InChI is InChI=1S/C11H22N2O4/c1-6(2)12-9(16)7(14)8(15)10(17)13-11(3,4)5/h6-8,14-15H,1-5H3,(H,12,16)(H,13,17)/t7-,8-/m0/s1. The zero-order valence-electron chi connectivity index (χ0n) is 10.9. The van der Waals surface area contributed by atoms with Crippen molar-refractivity contribution in [3.05, 3.63) is 0 Å². The Kier molecular flexibility index (Phi) is 5.57. The maximum Gasteiger partial charge on any atom is 0.252 e. The number of aliphatic hydroxyl groups excluding tert-OH is 2. The summed E-state index contributed by atoms with van der Waals surface area (Å²) in [6, 6.07) is -0.171. The predicted octanol–water partition coefficient (Wildman–Crippen LogP) is -0.852. The second kappa shape index (κ2) is 5.97. The molecule has 100 valence electrons. The Hall–Kier alpha value is -1.14. The van der Waals surface area contributed by atoms with Crippen molar-refractivity contribution < 1.29 is 19.8 Å². The Morgan fingerprint density at radius 3 is 1.76 bits per heavy atom. The lowest BCUT2D eigenvalue weighted by molar-refractivity contribution is -0.147. The smallest absolute Gasteiger partial charge is 0.252 e. The van der Waals surface area contributed by atoms with Gasteiger partial charge in [0.2, 0.25) is 0 Å². The van der Waals surface area contributed by atoms with Crippen LogP contribution in [-0.2, 0) is 9.59 Å². The quantitative estimate of drug-likeness (QED) is 0.519. The summed E-state index contributed by atoms with van der Waals surface area (Å²) in [7, 11) is 0. The molecule has 0 heterocycles. The first-order valence-corrected chi connectivity index (χ1v) is 5.53. The summed E-state index contributed by atoms with van der Waals surface area (Å²) < 4.78 is 0. The van der Waals surface area contributed by atoms with Crippen molar-refractivity contribution in [2.75, 3.05) is 0 Å². The van der Waals surface area contributed by atoms with Gasteiger partial charge in [-0.1, -0.05) is 0 Å². The summed E-state index contributed by atoms with van der Waals surface area (Å²) in [6.07, 6.45) is -3.53. The van der Waals surface area contributed by atoms with Gasteiger partial charge in [0, 0.05) is 11.6 Å². The molecular formula is C11H22N2O4. The third-order valence-corrected chi connectivity index (χ3v) is 1.77. The third kappa shape index (κ3) is 6.23. The van der Waals surface area contributed by atoms with Crippen LogP contribution in [0.4, 0.5) is 0 Å². The summed E-state index contributed by atoms with van der Waals surface area (Å²) >= 11 is 0. The largest absolute Gasteiger partial charge is 0.380 e. The van der Waals surface area contributed by atoms with E-state index in [1.807, 2.05) is 0 Å². The van der Waals surface area contributed by atoms with E-state index < -0.39 is 29.6 Å². The van der Waals surface area contributed by atoms with Gasteiger partial charge in [0.15, 0.2) is 12.2 Å². The topological polar surface area (TPSA) is 98.7 Å². The van der Waals surface area contributed by atoms with E-state index in [4.69, 9.17) is 0 Å². The molecule has 6 nitrogen and oxygen atoms in total. The molecule has 0 aliphatic rings. The second-order valence-electron chi connectivity index (χ2n) is 5.29. The maximum absolute atomic E-state index is 11.5. The molecule has 0 unspecified atom stereocenters. The number of nitrogens with one attached hydrogen (secondary N) is 2. The molecule has 0 saturated carbocycles. The van der Waals surface area contributed by atoms with Gasteiger partial charge in [-0.05, 0) is 34.6 Å². The fraction of sp³-hybridized carbons (Fsp3) is 0.818. The number of hydrogen-bond donors (Lipinski definition) is 4. The highest BCUT2D eigenvalue weighted by molar-refractivity contribution is 5.91. The maximum atomic E-state index is 11.5. The number of carbonyl (C=O) groups is 2. The average molecular weight is 246 g/mol. The average Bonchev–Trinajstić information content (AvgIpc) is 2.11. The normalized spacial score (nSPS) is 15.3. The van der Waals surface area contributed by atoms with E-state index in [1.165, 1.54) is 0 Å². The highest BCUT2D eigenvalue weighted by Crippen LogP contribution is 2.02. The first kappa shape index (κ1) is 15.9. The van der Waals surface area contributed by atoms with Crippen molar-refractivity contribution in [1.82, 2.24) is 10.6 Å². The molecule has 0 saturated heterocycles. The highest BCUT2D eigenvalue weighted by Gasteiger charge is 2.32. The van der Waals surface area contributed by atoms with Crippen LogP contribution in [0.3, 0.4) is 0 Å². The molecule has 0 aromatic rings. The molecule has 0 aliphatic carbocycles. The predicted molar refractivity (Wildman–Crippen MR) is 63.2 cm³/mol. The van der Waals surface area contributed by atoms with Crippen molar-refractivity contribution in [2.24, 2.45) is 0 Å². The van der Waals surface area contributed by atoms with Gasteiger partial charge in [-0.25, -0.2) is 0 Å². The molecule has 0 aromatic heterocycles. The molecule has 2 atom stereocenters. The Balaban J connectivity index is 4.44. The molecule has 0 fully saturated rings. The second-order valence-corrected chi connectivity index (χ2v) is 5.29. The van der Waals surface area contributed by atoms with Gasteiger partial charge in [-0.15, -0.1) is 0 Å². The Bertz CT molecular complexity index is 284. The molecule has 0 aromatic carbocycles. The van der Waals surface area contributed by atoms with E-state index >= 15 is 0 Å². The van der Waals surface area contributed by atoms with Crippen molar-refractivity contribution in [1.29, 1.82) is 0 Å². The number of rotatable bonds is 4. The van der Waals surface area contributed by atoms with Crippen LogP contribution in [0, 0.1) is 0 Å². The lowest BCUT2D eigenvalue weighted by atomic mass is 10.1. The lowest BCUT2D eigenvalue weighted by Gasteiger charge is -2.24. The SMILES string of the molecule is CC(C)NC(=O)[C@@H](O)[C@H](O)C(=O)NC(C)(C)C. The van der Waals surface area contributed by atoms with Crippen LogP contribution >= 0.6 is 0 Å². The van der Waals surface area contributed by atoms with Gasteiger partial charge in [-0.2, -0.15) is 0 Å². The van der Waals surface area contributed by atoms with Crippen LogP contribution in [0.2, 0.25) is 0 Å². The van der Waals surface area contributed by atoms with Crippen molar-refractivity contribution in [3.8, 4) is 0 Å². The minimum absolute atomic E-state index is 0.171. The summed E-state index contributed by atoms with van der Waals surface area (Å²) in [5.74, 6) is -1.54. The molecule has 6 heteroatoms. The van der Waals surface area contributed by atoms with Gasteiger partial charge in [0.05, 0.1) is 0 Å². The van der Waals surface area contributed by atoms with E-state index in [1.54, 1.807) is 34.6 Å². The summed E-state index contributed by atoms with van der Waals surface area (Å²) in [5.41, 5.74) is -0.535. The molecule has 0 bridgehead atoms. The van der Waals surface area contributed by atoms with Crippen LogP contribution in [-0.4, -0.2) is 45.8 Å². The van der Waals surface area contributed by atoms with Crippen LogP contribution in [0.1, 0.15) is 34.6 Å². The molecule has 0 aliphatic heterocycles. The first-order chi connectivity index (χ1) is 7.54. The molecule has 0 radical (unpaired) electrons. The minimum atomic E-state index is -1.77. The first-order valence-electron chi connectivity index (χ1n) is 5.53.